The molecule has 94 valence electrons. The van der Waals surface area contributed by atoms with Gasteiger partial charge in [0.15, 0.2) is 0 Å². The first kappa shape index (κ1) is 12.7. The Hall–Kier alpha value is -1.74. The molecule has 2 aromatic rings. The van der Waals surface area contributed by atoms with Crippen LogP contribution in [0.2, 0.25) is 0 Å². The zero-order chi connectivity index (χ0) is 13.3. The van der Waals surface area contributed by atoms with Crippen LogP contribution in [0.15, 0.2) is 36.4 Å². The van der Waals surface area contributed by atoms with Crippen LogP contribution in [0.3, 0.4) is 0 Å². The summed E-state index contributed by atoms with van der Waals surface area (Å²) in [6.45, 7) is 3.25. The maximum absolute atomic E-state index is 13.6. The molecule has 0 saturated heterocycles. The first-order chi connectivity index (χ1) is 8.50. The van der Waals surface area contributed by atoms with E-state index in [1.807, 2.05) is 0 Å². The van der Waals surface area contributed by atoms with Crippen molar-refractivity contribution in [2.24, 2.45) is 0 Å². The van der Waals surface area contributed by atoms with E-state index in [0.717, 1.165) is 0 Å². The molecule has 0 saturated carbocycles. The number of aliphatic hydroxyl groups is 1. The van der Waals surface area contributed by atoms with Crippen molar-refractivity contribution < 1.29 is 13.9 Å². The molecule has 0 aliphatic carbocycles. The third kappa shape index (κ3) is 2.27. The van der Waals surface area contributed by atoms with E-state index in [0.29, 0.717) is 16.7 Å². The van der Waals surface area contributed by atoms with Crippen molar-refractivity contribution in [2.45, 2.75) is 20.0 Å². The second-order valence-corrected chi connectivity index (χ2v) is 4.39. The highest BCUT2D eigenvalue weighted by molar-refractivity contribution is 5.36. The summed E-state index contributed by atoms with van der Waals surface area (Å²) in [7, 11) is 0. The number of halogens is 2. The fourth-order valence-electron chi connectivity index (χ4n) is 2.01. The van der Waals surface area contributed by atoms with Gasteiger partial charge in [-0.3, -0.25) is 0 Å². The fraction of sp³-hybridized carbons (Fsp3) is 0.200. The van der Waals surface area contributed by atoms with E-state index < -0.39 is 11.9 Å². The van der Waals surface area contributed by atoms with Gasteiger partial charge in [0.25, 0.3) is 0 Å². The van der Waals surface area contributed by atoms with Crippen LogP contribution in [0.4, 0.5) is 8.78 Å². The predicted molar refractivity (Wildman–Crippen MR) is 66.3 cm³/mol. The lowest BCUT2D eigenvalue weighted by molar-refractivity contribution is 0.214. The number of hydrogen-bond donors (Lipinski definition) is 1. The van der Waals surface area contributed by atoms with Crippen LogP contribution in [0.25, 0.3) is 0 Å². The quantitative estimate of drug-likeness (QED) is 0.859. The van der Waals surface area contributed by atoms with Crippen LogP contribution in [-0.4, -0.2) is 5.11 Å². The summed E-state index contributed by atoms with van der Waals surface area (Å²) in [5, 5.41) is 10.2. The Balaban J connectivity index is 2.47. The summed E-state index contributed by atoms with van der Waals surface area (Å²) < 4.78 is 27.1. The second-order valence-electron chi connectivity index (χ2n) is 4.39. The van der Waals surface area contributed by atoms with Crippen molar-refractivity contribution in [3.05, 3.63) is 70.3 Å². The van der Waals surface area contributed by atoms with Crippen molar-refractivity contribution in [3.63, 3.8) is 0 Å². The second kappa shape index (κ2) is 4.86. The van der Waals surface area contributed by atoms with Crippen LogP contribution in [0.5, 0.6) is 0 Å². The van der Waals surface area contributed by atoms with Crippen molar-refractivity contribution in [3.8, 4) is 0 Å². The van der Waals surface area contributed by atoms with Crippen molar-refractivity contribution in [1.29, 1.82) is 0 Å². The molecule has 18 heavy (non-hydrogen) atoms. The topological polar surface area (TPSA) is 20.2 Å². The maximum Gasteiger partial charge on any atom is 0.129 e. The molecule has 0 aliphatic heterocycles. The van der Waals surface area contributed by atoms with Gasteiger partial charge in [-0.05, 0) is 36.6 Å². The average molecular weight is 248 g/mol. The molecule has 1 N–H and O–H groups in total. The molecule has 0 amide bonds. The van der Waals surface area contributed by atoms with E-state index in [2.05, 4.69) is 0 Å². The van der Waals surface area contributed by atoms with Gasteiger partial charge in [0.05, 0.1) is 0 Å². The van der Waals surface area contributed by atoms with Gasteiger partial charge in [0.1, 0.15) is 17.7 Å². The standard InChI is InChI=1S/C15H14F2O/c1-9-7-11(8-10(2)14(9)17)15(18)12-5-3-4-6-13(12)16/h3-8,15,18H,1-2H3. The number of benzene rings is 2. The fourth-order valence-corrected chi connectivity index (χ4v) is 2.01. The molecule has 0 fully saturated rings. The summed E-state index contributed by atoms with van der Waals surface area (Å²) >= 11 is 0. The SMILES string of the molecule is Cc1cc(C(O)c2ccccc2F)cc(C)c1F. The van der Waals surface area contributed by atoms with Crippen LogP contribution in [0, 0.1) is 25.5 Å². The Kier molecular flexibility index (Phi) is 3.43. The largest absolute Gasteiger partial charge is 0.384 e. The molecule has 0 spiro atoms. The minimum Gasteiger partial charge on any atom is -0.384 e. The van der Waals surface area contributed by atoms with Crippen molar-refractivity contribution in [2.75, 3.05) is 0 Å². The molecular formula is C15H14F2O. The molecule has 2 aromatic carbocycles. The molecule has 0 aromatic heterocycles. The molecule has 0 aliphatic rings. The third-order valence-electron chi connectivity index (χ3n) is 2.97. The molecule has 1 atom stereocenters. The zero-order valence-electron chi connectivity index (χ0n) is 10.2. The lowest BCUT2D eigenvalue weighted by Crippen LogP contribution is -2.04. The van der Waals surface area contributed by atoms with E-state index in [1.54, 1.807) is 38.1 Å². The Labute approximate surface area is 105 Å². The number of aliphatic hydroxyl groups excluding tert-OH is 1. The highest BCUT2D eigenvalue weighted by Crippen LogP contribution is 2.26. The van der Waals surface area contributed by atoms with Gasteiger partial charge < -0.3 is 5.11 Å². The van der Waals surface area contributed by atoms with E-state index in [-0.39, 0.29) is 11.4 Å². The summed E-state index contributed by atoms with van der Waals surface area (Å²) in [5.74, 6) is -0.760. The van der Waals surface area contributed by atoms with Crippen molar-refractivity contribution in [1.82, 2.24) is 0 Å². The zero-order valence-corrected chi connectivity index (χ0v) is 10.2. The summed E-state index contributed by atoms with van der Waals surface area (Å²) in [6.07, 6.45) is -1.08. The Morgan fingerprint density at radius 3 is 2.11 bits per heavy atom. The van der Waals surface area contributed by atoms with Gasteiger partial charge in [-0.1, -0.05) is 30.3 Å². The molecule has 0 heterocycles. The van der Waals surface area contributed by atoms with Gasteiger partial charge in [-0.2, -0.15) is 0 Å². The lowest BCUT2D eigenvalue weighted by Gasteiger charge is -2.14. The molecule has 1 nitrogen and oxygen atoms in total. The molecular weight excluding hydrogens is 234 g/mol. The molecule has 2 rings (SSSR count). The first-order valence-electron chi connectivity index (χ1n) is 5.70. The van der Waals surface area contributed by atoms with E-state index in [9.17, 15) is 13.9 Å². The van der Waals surface area contributed by atoms with E-state index >= 15 is 0 Å². The Bertz CT molecular complexity index is 555. The molecule has 0 radical (unpaired) electrons. The van der Waals surface area contributed by atoms with Gasteiger partial charge in [-0.25, -0.2) is 8.78 Å². The molecule has 0 bridgehead atoms. The summed E-state index contributed by atoms with van der Waals surface area (Å²) in [5.41, 5.74) is 1.58. The highest BCUT2D eigenvalue weighted by Gasteiger charge is 2.16. The van der Waals surface area contributed by atoms with Crippen molar-refractivity contribution >= 4 is 0 Å². The van der Waals surface area contributed by atoms with Crippen LogP contribution in [-0.2, 0) is 0 Å². The van der Waals surface area contributed by atoms with Gasteiger partial charge in [0.2, 0.25) is 0 Å². The molecule has 3 heteroatoms. The van der Waals surface area contributed by atoms with Gasteiger partial charge in [-0.15, -0.1) is 0 Å². The van der Waals surface area contributed by atoms with E-state index in [1.165, 1.54) is 12.1 Å². The van der Waals surface area contributed by atoms with Crippen LogP contribution >= 0.6 is 0 Å². The summed E-state index contributed by atoms with van der Waals surface area (Å²) in [4.78, 5) is 0. The normalized spacial score (nSPS) is 12.5. The van der Waals surface area contributed by atoms with Crippen LogP contribution < -0.4 is 0 Å². The lowest BCUT2D eigenvalue weighted by atomic mass is 9.97. The highest BCUT2D eigenvalue weighted by atomic mass is 19.1. The number of hydrogen-bond acceptors (Lipinski definition) is 1. The minimum atomic E-state index is -1.08. The van der Waals surface area contributed by atoms with Crippen LogP contribution in [0.1, 0.15) is 28.4 Å². The maximum atomic E-state index is 13.6. The average Bonchev–Trinajstić information content (AvgIpc) is 2.35. The predicted octanol–water partition coefficient (Wildman–Crippen LogP) is 3.66. The smallest absolute Gasteiger partial charge is 0.129 e. The number of aryl methyl sites for hydroxylation is 2. The minimum absolute atomic E-state index is 0.197. The monoisotopic (exact) mass is 248 g/mol. The van der Waals surface area contributed by atoms with Gasteiger partial charge in [0, 0.05) is 5.56 Å². The third-order valence-corrected chi connectivity index (χ3v) is 2.97. The van der Waals surface area contributed by atoms with Gasteiger partial charge >= 0.3 is 0 Å². The summed E-state index contributed by atoms with van der Waals surface area (Å²) in [6, 6.07) is 9.12. The first-order valence-corrected chi connectivity index (χ1v) is 5.70. The Morgan fingerprint density at radius 2 is 1.56 bits per heavy atom. The van der Waals surface area contributed by atoms with E-state index in [4.69, 9.17) is 0 Å². The Morgan fingerprint density at radius 1 is 1.00 bits per heavy atom. The number of rotatable bonds is 2. The molecule has 1 unspecified atom stereocenters.